The largest absolute Gasteiger partial charge is 0.481 e. The Hall–Kier alpha value is -1.48. The van der Waals surface area contributed by atoms with Crippen LogP contribution in [0.5, 0.6) is 5.75 Å². The Kier molecular flexibility index (Phi) is 5.90. The molecule has 1 aromatic carbocycles. The fraction of sp³-hybridized carbons (Fsp3) is 0.500. The maximum atomic E-state index is 12.1. The van der Waals surface area contributed by atoms with Gasteiger partial charge in [-0.05, 0) is 69.7 Å². The summed E-state index contributed by atoms with van der Waals surface area (Å²) in [6.45, 7) is 6.26. The summed E-state index contributed by atoms with van der Waals surface area (Å²) < 4.78 is 5.74. The van der Waals surface area contributed by atoms with Gasteiger partial charge in [-0.25, -0.2) is 0 Å². The van der Waals surface area contributed by atoms with Crippen LogP contribution in [0.1, 0.15) is 43.7 Å². The van der Waals surface area contributed by atoms with Crippen LogP contribution in [0, 0.1) is 13.8 Å². The zero-order chi connectivity index (χ0) is 16.1. The molecule has 0 saturated carbocycles. The molecule has 22 heavy (non-hydrogen) atoms. The molecule has 1 amide bonds. The van der Waals surface area contributed by atoms with Crippen LogP contribution in [-0.4, -0.2) is 18.6 Å². The van der Waals surface area contributed by atoms with Crippen molar-refractivity contribution in [3.63, 3.8) is 0 Å². The molecule has 0 radical (unpaired) electrons. The van der Waals surface area contributed by atoms with E-state index in [0.717, 1.165) is 29.0 Å². The number of allylic oxidation sites excluding steroid dienone is 1. The Labute approximate surface area is 137 Å². The number of nitrogens with one attached hydrogen (secondary N) is 1. The summed E-state index contributed by atoms with van der Waals surface area (Å²) in [7, 11) is 0. The highest BCUT2D eigenvalue weighted by molar-refractivity contribution is 6.32. The third-order valence-electron chi connectivity index (χ3n) is 3.97. The van der Waals surface area contributed by atoms with Crippen LogP contribution >= 0.6 is 11.6 Å². The molecule has 0 unspecified atom stereocenters. The van der Waals surface area contributed by atoms with Crippen LogP contribution in [0.2, 0.25) is 5.02 Å². The van der Waals surface area contributed by atoms with E-state index < -0.39 is 6.10 Å². The predicted octanol–water partition coefficient (Wildman–Crippen LogP) is 4.34. The molecular formula is C18H24ClNO2. The monoisotopic (exact) mass is 321 g/mol. The molecule has 1 N–H and O–H groups in total. The summed E-state index contributed by atoms with van der Waals surface area (Å²) in [5.41, 5.74) is 3.23. The Morgan fingerprint density at radius 3 is 2.59 bits per heavy atom. The Morgan fingerprint density at radius 2 is 2.00 bits per heavy atom. The van der Waals surface area contributed by atoms with Gasteiger partial charge in [0.1, 0.15) is 5.75 Å². The van der Waals surface area contributed by atoms with E-state index in [1.807, 2.05) is 26.0 Å². The average molecular weight is 322 g/mol. The number of halogens is 1. The fourth-order valence-electron chi connectivity index (χ4n) is 2.64. The van der Waals surface area contributed by atoms with Crippen molar-refractivity contribution in [2.24, 2.45) is 0 Å². The van der Waals surface area contributed by atoms with E-state index in [0.29, 0.717) is 12.3 Å². The first-order valence-corrected chi connectivity index (χ1v) is 8.24. The predicted molar refractivity (Wildman–Crippen MR) is 90.6 cm³/mol. The Bertz CT molecular complexity index is 557. The normalized spacial score (nSPS) is 15.9. The molecule has 0 spiro atoms. The lowest BCUT2D eigenvalue weighted by atomic mass is 10.00. The number of amides is 1. The van der Waals surface area contributed by atoms with Gasteiger partial charge in [0.15, 0.2) is 6.10 Å². The quantitative estimate of drug-likeness (QED) is 0.819. The summed E-state index contributed by atoms with van der Waals surface area (Å²) in [5.74, 6) is 0.593. The number of hydrogen-bond donors (Lipinski definition) is 1. The van der Waals surface area contributed by atoms with Crippen LogP contribution in [0.25, 0.3) is 0 Å². The van der Waals surface area contributed by atoms with Crippen molar-refractivity contribution in [1.82, 2.24) is 5.32 Å². The molecule has 1 aliphatic carbocycles. The van der Waals surface area contributed by atoms with Crippen LogP contribution < -0.4 is 10.1 Å². The second-order valence-electron chi connectivity index (χ2n) is 5.96. The zero-order valence-electron chi connectivity index (χ0n) is 13.5. The van der Waals surface area contributed by atoms with E-state index in [1.54, 1.807) is 6.92 Å². The Balaban J connectivity index is 1.89. The van der Waals surface area contributed by atoms with Gasteiger partial charge in [0, 0.05) is 11.6 Å². The summed E-state index contributed by atoms with van der Waals surface area (Å²) in [5, 5.41) is 3.70. The highest BCUT2D eigenvalue weighted by atomic mass is 35.5. The fourth-order valence-corrected chi connectivity index (χ4v) is 2.75. The summed E-state index contributed by atoms with van der Waals surface area (Å²) in [4.78, 5) is 12.1. The van der Waals surface area contributed by atoms with Gasteiger partial charge >= 0.3 is 0 Å². The number of carbonyl (C=O) groups excluding carboxylic acids is 1. The van der Waals surface area contributed by atoms with Crippen molar-refractivity contribution < 1.29 is 9.53 Å². The summed E-state index contributed by atoms with van der Waals surface area (Å²) >= 11 is 6.14. The second-order valence-corrected chi connectivity index (χ2v) is 6.34. The van der Waals surface area contributed by atoms with E-state index >= 15 is 0 Å². The highest BCUT2D eigenvalue weighted by Crippen LogP contribution is 2.26. The molecule has 4 heteroatoms. The van der Waals surface area contributed by atoms with Gasteiger partial charge in [0.25, 0.3) is 5.91 Å². The van der Waals surface area contributed by atoms with Gasteiger partial charge in [0.2, 0.25) is 0 Å². The van der Waals surface area contributed by atoms with Gasteiger partial charge in [-0.3, -0.25) is 4.79 Å². The molecule has 0 aliphatic heterocycles. The van der Waals surface area contributed by atoms with E-state index in [1.165, 1.54) is 18.4 Å². The molecule has 1 aliphatic rings. The summed E-state index contributed by atoms with van der Waals surface area (Å²) in [6, 6.07) is 3.73. The van der Waals surface area contributed by atoms with E-state index in [9.17, 15) is 4.79 Å². The van der Waals surface area contributed by atoms with Gasteiger partial charge in [-0.2, -0.15) is 0 Å². The van der Waals surface area contributed by atoms with Crippen molar-refractivity contribution >= 4 is 17.5 Å². The number of ether oxygens (including phenoxy) is 1. The molecule has 0 heterocycles. The van der Waals surface area contributed by atoms with Crippen molar-refractivity contribution in [3.8, 4) is 5.75 Å². The van der Waals surface area contributed by atoms with Crippen molar-refractivity contribution in [2.75, 3.05) is 6.54 Å². The topological polar surface area (TPSA) is 38.3 Å². The third-order valence-corrected chi connectivity index (χ3v) is 4.56. The lowest BCUT2D eigenvalue weighted by Gasteiger charge is -2.18. The van der Waals surface area contributed by atoms with Crippen LogP contribution in [0.15, 0.2) is 23.8 Å². The second kappa shape index (κ2) is 7.68. The van der Waals surface area contributed by atoms with Crippen molar-refractivity contribution in [3.05, 3.63) is 39.9 Å². The minimum absolute atomic E-state index is 0.0864. The van der Waals surface area contributed by atoms with E-state index in [2.05, 4.69) is 11.4 Å². The number of carbonyl (C=O) groups is 1. The molecule has 0 saturated heterocycles. The van der Waals surface area contributed by atoms with Crippen molar-refractivity contribution in [2.45, 2.75) is 52.6 Å². The number of hydrogen-bond acceptors (Lipinski definition) is 2. The zero-order valence-corrected chi connectivity index (χ0v) is 14.3. The first-order valence-electron chi connectivity index (χ1n) is 7.86. The lowest BCUT2D eigenvalue weighted by Crippen LogP contribution is -2.37. The minimum atomic E-state index is -0.524. The van der Waals surface area contributed by atoms with Gasteiger partial charge < -0.3 is 10.1 Å². The summed E-state index contributed by atoms with van der Waals surface area (Å²) in [6.07, 6.45) is 6.40. The van der Waals surface area contributed by atoms with Crippen LogP contribution in [-0.2, 0) is 4.79 Å². The molecule has 0 bridgehead atoms. The molecule has 2 rings (SSSR count). The number of rotatable bonds is 5. The molecule has 3 nitrogen and oxygen atoms in total. The lowest BCUT2D eigenvalue weighted by molar-refractivity contribution is -0.127. The Morgan fingerprint density at radius 1 is 1.32 bits per heavy atom. The van der Waals surface area contributed by atoms with E-state index in [4.69, 9.17) is 16.3 Å². The molecular weight excluding hydrogens is 298 g/mol. The molecule has 0 fully saturated rings. The van der Waals surface area contributed by atoms with Crippen LogP contribution in [0.4, 0.5) is 0 Å². The van der Waals surface area contributed by atoms with Gasteiger partial charge in [0.05, 0.1) is 0 Å². The van der Waals surface area contributed by atoms with Gasteiger partial charge in [-0.15, -0.1) is 0 Å². The van der Waals surface area contributed by atoms with Crippen molar-refractivity contribution in [1.29, 1.82) is 0 Å². The smallest absolute Gasteiger partial charge is 0.261 e. The maximum Gasteiger partial charge on any atom is 0.261 e. The first kappa shape index (κ1) is 16.9. The number of aryl methyl sites for hydroxylation is 2. The number of benzene rings is 1. The molecule has 1 aromatic rings. The maximum absolute atomic E-state index is 12.1. The highest BCUT2D eigenvalue weighted by Gasteiger charge is 2.16. The van der Waals surface area contributed by atoms with E-state index in [-0.39, 0.29) is 5.91 Å². The SMILES string of the molecule is Cc1cc(O[C@H](C)C(=O)NCC2=CCCCC2)cc(C)c1Cl. The molecule has 0 aromatic heterocycles. The molecule has 120 valence electrons. The van der Waals surface area contributed by atoms with Gasteiger partial charge in [-0.1, -0.05) is 23.3 Å². The minimum Gasteiger partial charge on any atom is -0.481 e. The van der Waals surface area contributed by atoms with Crippen LogP contribution in [0.3, 0.4) is 0 Å². The first-order chi connectivity index (χ1) is 10.5. The third kappa shape index (κ3) is 4.51. The molecule has 1 atom stereocenters. The standard InChI is InChI=1S/C18H24ClNO2/c1-12-9-16(10-13(2)17(12)19)22-14(3)18(21)20-11-15-7-5-4-6-8-15/h7,9-10,14H,4-6,8,11H2,1-3H3,(H,20,21)/t14-/m1/s1. The average Bonchev–Trinajstić information content (AvgIpc) is 2.51.